The summed E-state index contributed by atoms with van der Waals surface area (Å²) in [6.07, 6.45) is 1.86. The van der Waals surface area contributed by atoms with Crippen LogP contribution in [0.4, 0.5) is 5.13 Å². The molecule has 5 nitrogen and oxygen atoms in total. The summed E-state index contributed by atoms with van der Waals surface area (Å²) in [6, 6.07) is 13.3. The van der Waals surface area contributed by atoms with Crippen LogP contribution in [-0.2, 0) is 16.0 Å². The number of nitrogens with one attached hydrogen (secondary N) is 2. The molecule has 0 radical (unpaired) electrons. The van der Waals surface area contributed by atoms with Crippen molar-refractivity contribution in [2.45, 2.75) is 26.3 Å². The first kappa shape index (κ1) is 18.1. The van der Waals surface area contributed by atoms with Crippen molar-refractivity contribution in [1.82, 2.24) is 10.3 Å². The second kappa shape index (κ2) is 8.10. The number of aromatic nitrogens is 1. The van der Waals surface area contributed by atoms with E-state index in [1.807, 2.05) is 56.3 Å². The van der Waals surface area contributed by atoms with Crippen molar-refractivity contribution >= 4 is 39.1 Å². The van der Waals surface area contributed by atoms with Crippen molar-refractivity contribution in [1.29, 1.82) is 0 Å². The number of carbonyl (C=O) groups is 2. The predicted molar refractivity (Wildman–Crippen MR) is 105 cm³/mol. The van der Waals surface area contributed by atoms with Crippen molar-refractivity contribution < 1.29 is 9.59 Å². The summed E-state index contributed by atoms with van der Waals surface area (Å²) >= 11 is 1.35. The second-order valence-corrected chi connectivity index (χ2v) is 7.33. The summed E-state index contributed by atoms with van der Waals surface area (Å²) in [5.41, 5.74) is 0.948. The third-order valence-electron chi connectivity index (χ3n) is 4.16. The maximum atomic E-state index is 12.6. The molecule has 0 fully saturated rings. The molecule has 1 aromatic heterocycles. The number of carbonyl (C=O) groups excluding carboxylic acids is 2. The van der Waals surface area contributed by atoms with Gasteiger partial charge >= 0.3 is 0 Å². The number of benzene rings is 2. The number of nitrogens with zero attached hydrogens (tertiary/aromatic N) is 1. The third kappa shape index (κ3) is 4.26. The number of amides is 2. The topological polar surface area (TPSA) is 71.1 Å². The molecule has 1 atom stereocenters. The lowest BCUT2D eigenvalue weighted by Crippen LogP contribution is -2.47. The van der Waals surface area contributed by atoms with Crippen LogP contribution in [0.25, 0.3) is 10.8 Å². The molecule has 2 N–H and O–H groups in total. The Hall–Kier alpha value is -2.73. The molecule has 26 heavy (non-hydrogen) atoms. The number of hydrogen-bond donors (Lipinski definition) is 2. The number of anilines is 1. The lowest BCUT2D eigenvalue weighted by molar-refractivity contribution is -0.127. The van der Waals surface area contributed by atoms with Gasteiger partial charge in [-0.3, -0.25) is 9.59 Å². The number of hydrogen-bond acceptors (Lipinski definition) is 4. The monoisotopic (exact) mass is 367 g/mol. The molecule has 0 aliphatic heterocycles. The largest absolute Gasteiger partial charge is 0.344 e. The van der Waals surface area contributed by atoms with E-state index in [9.17, 15) is 9.59 Å². The minimum Gasteiger partial charge on any atom is -0.344 e. The molecule has 134 valence electrons. The molecule has 3 rings (SSSR count). The highest BCUT2D eigenvalue weighted by Gasteiger charge is 2.25. The number of rotatable bonds is 6. The van der Waals surface area contributed by atoms with Gasteiger partial charge in [0.2, 0.25) is 11.8 Å². The molecule has 0 saturated heterocycles. The highest BCUT2D eigenvalue weighted by atomic mass is 32.1. The SMILES string of the molecule is CC(C)C(NC(=O)Cc1cccc2ccccc12)C(=O)Nc1nccs1. The van der Waals surface area contributed by atoms with Crippen molar-refractivity contribution in [2.75, 3.05) is 5.32 Å². The van der Waals surface area contributed by atoms with Crippen LogP contribution in [-0.4, -0.2) is 22.8 Å². The van der Waals surface area contributed by atoms with E-state index in [-0.39, 0.29) is 24.2 Å². The summed E-state index contributed by atoms with van der Waals surface area (Å²) in [7, 11) is 0. The summed E-state index contributed by atoms with van der Waals surface area (Å²) in [4.78, 5) is 29.1. The maximum absolute atomic E-state index is 12.6. The van der Waals surface area contributed by atoms with Crippen LogP contribution in [0, 0.1) is 5.92 Å². The molecule has 2 amide bonds. The minimum absolute atomic E-state index is 0.0357. The van der Waals surface area contributed by atoms with Gasteiger partial charge in [0.15, 0.2) is 5.13 Å². The fraction of sp³-hybridized carbons (Fsp3) is 0.250. The predicted octanol–water partition coefficient (Wildman–Crippen LogP) is 3.62. The van der Waals surface area contributed by atoms with Crippen LogP contribution in [0.3, 0.4) is 0 Å². The number of fused-ring (bicyclic) bond motifs is 1. The molecular formula is C20H21N3O2S. The molecule has 2 aromatic carbocycles. The lowest BCUT2D eigenvalue weighted by atomic mass is 10.0. The van der Waals surface area contributed by atoms with Gasteiger partial charge in [-0.05, 0) is 22.3 Å². The van der Waals surface area contributed by atoms with E-state index in [0.29, 0.717) is 5.13 Å². The lowest BCUT2D eigenvalue weighted by Gasteiger charge is -2.21. The van der Waals surface area contributed by atoms with E-state index in [0.717, 1.165) is 16.3 Å². The van der Waals surface area contributed by atoms with Gasteiger partial charge in [0, 0.05) is 11.6 Å². The van der Waals surface area contributed by atoms with Crippen LogP contribution in [0.5, 0.6) is 0 Å². The van der Waals surface area contributed by atoms with Crippen LogP contribution < -0.4 is 10.6 Å². The van der Waals surface area contributed by atoms with Gasteiger partial charge < -0.3 is 10.6 Å². The molecule has 0 saturated carbocycles. The van der Waals surface area contributed by atoms with Crippen LogP contribution >= 0.6 is 11.3 Å². The fourth-order valence-corrected chi connectivity index (χ4v) is 3.38. The van der Waals surface area contributed by atoms with E-state index in [1.54, 1.807) is 11.6 Å². The molecule has 0 aliphatic rings. The van der Waals surface area contributed by atoms with Gasteiger partial charge in [-0.15, -0.1) is 11.3 Å². The molecular weight excluding hydrogens is 346 g/mol. The van der Waals surface area contributed by atoms with Gasteiger partial charge in [0.1, 0.15) is 6.04 Å². The quantitative estimate of drug-likeness (QED) is 0.699. The average molecular weight is 367 g/mol. The summed E-state index contributed by atoms with van der Waals surface area (Å²) in [5.74, 6) is -0.456. The first-order valence-electron chi connectivity index (χ1n) is 8.51. The Kier molecular flexibility index (Phi) is 5.63. The van der Waals surface area contributed by atoms with E-state index in [4.69, 9.17) is 0 Å². The van der Waals surface area contributed by atoms with Crippen LogP contribution in [0.15, 0.2) is 54.0 Å². The molecule has 0 bridgehead atoms. The van der Waals surface area contributed by atoms with E-state index in [2.05, 4.69) is 15.6 Å². The Morgan fingerprint density at radius 2 is 1.88 bits per heavy atom. The van der Waals surface area contributed by atoms with Crippen LogP contribution in [0.2, 0.25) is 0 Å². The molecule has 0 spiro atoms. The Morgan fingerprint density at radius 3 is 2.62 bits per heavy atom. The van der Waals surface area contributed by atoms with Gasteiger partial charge in [0.05, 0.1) is 6.42 Å². The molecule has 1 unspecified atom stereocenters. The zero-order chi connectivity index (χ0) is 18.5. The van der Waals surface area contributed by atoms with Crippen LogP contribution in [0.1, 0.15) is 19.4 Å². The first-order valence-corrected chi connectivity index (χ1v) is 9.39. The summed E-state index contributed by atoms with van der Waals surface area (Å²) in [6.45, 7) is 3.81. The summed E-state index contributed by atoms with van der Waals surface area (Å²) in [5, 5.41) is 10.1. The van der Waals surface area contributed by atoms with Gasteiger partial charge in [0.25, 0.3) is 0 Å². The Bertz CT molecular complexity index is 901. The van der Waals surface area contributed by atoms with Crippen molar-refractivity contribution in [2.24, 2.45) is 5.92 Å². The Balaban J connectivity index is 1.70. The highest BCUT2D eigenvalue weighted by molar-refractivity contribution is 7.13. The normalized spacial score (nSPS) is 12.1. The van der Waals surface area contributed by atoms with Gasteiger partial charge in [-0.25, -0.2) is 4.98 Å². The second-order valence-electron chi connectivity index (χ2n) is 6.43. The van der Waals surface area contributed by atoms with Crippen molar-refractivity contribution in [3.8, 4) is 0 Å². The first-order chi connectivity index (χ1) is 12.5. The molecule has 0 aliphatic carbocycles. The summed E-state index contributed by atoms with van der Waals surface area (Å²) < 4.78 is 0. The van der Waals surface area contributed by atoms with Crippen molar-refractivity contribution in [3.63, 3.8) is 0 Å². The molecule has 1 heterocycles. The zero-order valence-corrected chi connectivity index (χ0v) is 15.5. The van der Waals surface area contributed by atoms with E-state index in [1.165, 1.54) is 11.3 Å². The number of thiazole rings is 1. The van der Waals surface area contributed by atoms with E-state index >= 15 is 0 Å². The third-order valence-corrected chi connectivity index (χ3v) is 4.85. The Morgan fingerprint density at radius 1 is 1.12 bits per heavy atom. The fourth-order valence-electron chi connectivity index (χ4n) is 2.85. The smallest absolute Gasteiger partial charge is 0.248 e. The maximum Gasteiger partial charge on any atom is 0.248 e. The van der Waals surface area contributed by atoms with Crippen molar-refractivity contribution in [3.05, 3.63) is 59.6 Å². The standard InChI is InChI=1S/C20H21N3O2S/c1-13(2)18(19(25)23-20-21-10-11-26-20)22-17(24)12-15-8-5-7-14-6-3-4-9-16(14)15/h3-11,13,18H,12H2,1-2H3,(H,22,24)(H,21,23,25). The van der Waals surface area contributed by atoms with Gasteiger partial charge in [-0.1, -0.05) is 56.3 Å². The average Bonchev–Trinajstić information content (AvgIpc) is 3.12. The minimum atomic E-state index is -0.610. The Labute approximate surface area is 156 Å². The highest BCUT2D eigenvalue weighted by Crippen LogP contribution is 2.19. The van der Waals surface area contributed by atoms with E-state index < -0.39 is 6.04 Å². The molecule has 6 heteroatoms. The van der Waals surface area contributed by atoms with Gasteiger partial charge in [-0.2, -0.15) is 0 Å². The zero-order valence-electron chi connectivity index (χ0n) is 14.7. The molecule has 3 aromatic rings.